The summed E-state index contributed by atoms with van der Waals surface area (Å²) in [7, 11) is -3.59. The molecule has 2 rings (SSSR count). The van der Waals surface area contributed by atoms with Crippen LogP contribution < -0.4 is 5.32 Å². The van der Waals surface area contributed by atoms with Gasteiger partial charge in [-0.15, -0.1) is 12.4 Å². The van der Waals surface area contributed by atoms with Gasteiger partial charge in [0.2, 0.25) is 10.0 Å². The van der Waals surface area contributed by atoms with Gasteiger partial charge in [-0.3, -0.25) is 0 Å². The summed E-state index contributed by atoms with van der Waals surface area (Å²) in [5, 5.41) is 3.13. The van der Waals surface area contributed by atoms with Crippen molar-refractivity contribution in [2.24, 2.45) is 0 Å². The number of nitrogens with one attached hydrogen (secondary N) is 1. The fourth-order valence-corrected chi connectivity index (χ4v) is 3.59. The van der Waals surface area contributed by atoms with Gasteiger partial charge >= 0.3 is 0 Å². The third-order valence-electron chi connectivity index (χ3n) is 2.83. The predicted molar refractivity (Wildman–Crippen MR) is 77.6 cm³/mol. The maximum atomic E-state index is 13.4. The maximum Gasteiger partial charge on any atom is 0.243 e. The summed E-state index contributed by atoms with van der Waals surface area (Å²) in [5.41, 5.74) is 0. The van der Waals surface area contributed by atoms with Crippen molar-refractivity contribution in [1.82, 2.24) is 9.62 Å². The Balaban J connectivity index is 0.00000180. The van der Waals surface area contributed by atoms with E-state index in [9.17, 15) is 12.8 Å². The van der Waals surface area contributed by atoms with Crippen LogP contribution in [0.3, 0.4) is 0 Å². The highest BCUT2D eigenvalue weighted by Crippen LogP contribution is 2.22. The first-order chi connectivity index (χ1) is 8.51. The number of sulfonamides is 1. The Morgan fingerprint density at radius 3 is 2.68 bits per heavy atom. The highest BCUT2D eigenvalue weighted by molar-refractivity contribution is 9.10. The molecule has 1 aromatic carbocycles. The minimum absolute atomic E-state index is 0. The topological polar surface area (TPSA) is 49.4 Å². The molecule has 0 aliphatic carbocycles. The Kier molecular flexibility index (Phi) is 6.19. The van der Waals surface area contributed by atoms with Crippen LogP contribution in [-0.4, -0.2) is 38.9 Å². The number of nitrogens with zero attached hydrogens (tertiary/aromatic N) is 1. The fourth-order valence-electron chi connectivity index (χ4n) is 1.85. The van der Waals surface area contributed by atoms with E-state index in [1.165, 1.54) is 16.4 Å². The molecule has 0 atom stereocenters. The first-order valence-electron chi connectivity index (χ1n) is 5.68. The third kappa shape index (κ3) is 3.88. The number of hydrogen-bond acceptors (Lipinski definition) is 3. The van der Waals surface area contributed by atoms with Gasteiger partial charge in [0.15, 0.2) is 0 Å². The maximum absolute atomic E-state index is 13.4. The summed E-state index contributed by atoms with van der Waals surface area (Å²) in [5.74, 6) is -0.566. The second-order valence-electron chi connectivity index (χ2n) is 4.08. The molecular formula is C11H15BrClFN2O2S. The van der Waals surface area contributed by atoms with E-state index < -0.39 is 15.8 Å². The monoisotopic (exact) mass is 372 g/mol. The highest BCUT2D eigenvalue weighted by atomic mass is 79.9. The second-order valence-corrected chi connectivity index (χ2v) is 6.88. The molecule has 0 amide bonds. The molecule has 0 bridgehead atoms. The third-order valence-corrected chi connectivity index (χ3v) is 5.37. The minimum Gasteiger partial charge on any atom is -0.315 e. The number of hydrogen-bond donors (Lipinski definition) is 1. The summed E-state index contributed by atoms with van der Waals surface area (Å²) < 4.78 is 39.7. The van der Waals surface area contributed by atoms with Gasteiger partial charge in [0, 0.05) is 19.6 Å². The Hall–Kier alpha value is -0.210. The van der Waals surface area contributed by atoms with Gasteiger partial charge in [-0.05, 0) is 47.1 Å². The lowest BCUT2D eigenvalue weighted by Crippen LogP contribution is -2.34. The molecule has 1 N–H and O–H groups in total. The first kappa shape index (κ1) is 16.8. The van der Waals surface area contributed by atoms with Crippen molar-refractivity contribution in [1.29, 1.82) is 0 Å². The van der Waals surface area contributed by atoms with E-state index in [0.29, 0.717) is 19.6 Å². The standard InChI is InChI=1S/C11H14BrFN2O2S.ClH/c12-10-3-2-9(8-11(10)13)18(16,17)15-6-1-4-14-5-7-15;/h2-3,8,14H,1,4-7H2;1H. The molecule has 0 saturated carbocycles. The lowest BCUT2D eigenvalue weighted by atomic mass is 10.3. The van der Waals surface area contributed by atoms with Crippen molar-refractivity contribution in [2.75, 3.05) is 26.2 Å². The van der Waals surface area contributed by atoms with Crippen molar-refractivity contribution >= 4 is 38.4 Å². The molecule has 1 aliphatic rings. The van der Waals surface area contributed by atoms with E-state index in [4.69, 9.17) is 0 Å². The second kappa shape index (κ2) is 6.99. The molecular weight excluding hydrogens is 359 g/mol. The normalized spacial score (nSPS) is 17.6. The highest BCUT2D eigenvalue weighted by Gasteiger charge is 2.25. The van der Waals surface area contributed by atoms with Gasteiger partial charge in [0.05, 0.1) is 9.37 Å². The summed E-state index contributed by atoms with van der Waals surface area (Å²) in [6, 6.07) is 3.89. The van der Waals surface area contributed by atoms with Crippen LogP contribution in [0.15, 0.2) is 27.6 Å². The summed E-state index contributed by atoms with van der Waals surface area (Å²) in [6.07, 6.45) is 0.762. The van der Waals surface area contributed by atoms with Gasteiger partial charge in [0.1, 0.15) is 5.82 Å². The molecule has 1 aliphatic heterocycles. The van der Waals surface area contributed by atoms with E-state index in [2.05, 4.69) is 21.2 Å². The molecule has 0 radical (unpaired) electrons. The summed E-state index contributed by atoms with van der Waals surface area (Å²) in [6.45, 7) is 2.31. The van der Waals surface area contributed by atoms with Gasteiger partial charge in [-0.2, -0.15) is 4.31 Å². The Morgan fingerprint density at radius 2 is 2.00 bits per heavy atom. The molecule has 0 aromatic heterocycles. The van der Waals surface area contributed by atoms with Crippen molar-refractivity contribution in [3.63, 3.8) is 0 Å². The molecule has 0 spiro atoms. The smallest absolute Gasteiger partial charge is 0.243 e. The summed E-state index contributed by atoms with van der Waals surface area (Å²) >= 11 is 3.01. The lowest BCUT2D eigenvalue weighted by Gasteiger charge is -2.19. The van der Waals surface area contributed by atoms with E-state index in [1.807, 2.05) is 0 Å². The van der Waals surface area contributed by atoms with Gasteiger partial charge in [-0.25, -0.2) is 12.8 Å². The van der Waals surface area contributed by atoms with Crippen LogP contribution in [0.25, 0.3) is 0 Å². The van der Waals surface area contributed by atoms with Crippen LogP contribution >= 0.6 is 28.3 Å². The number of benzene rings is 1. The zero-order valence-corrected chi connectivity index (χ0v) is 13.3. The average Bonchev–Trinajstić information content (AvgIpc) is 2.61. The zero-order valence-electron chi connectivity index (χ0n) is 10.1. The van der Waals surface area contributed by atoms with Crippen LogP contribution in [0.2, 0.25) is 0 Å². The zero-order chi connectivity index (χ0) is 13.2. The Bertz CT molecular complexity index is 533. The summed E-state index contributed by atoms with van der Waals surface area (Å²) in [4.78, 5) is 0.00472. The van der Waals surface area contributed by atoms with E-state index >= 15 is 0 Å². The van der Waals surface area contributed by atoms with Crippen molar-refractivity contribution in [3.05, 3.63) is 28.5 Å². The molecule has 1 saturated heterocycles. The average molecular weight is 374 g/mol. The Morgan fingerprint density at radius 1 is 1.26 bits per heavy atom. The van der Waals surface area contributed by atoms with E-state index in [-0.39, 0.29) is 21.8 Å². The molecule has 0 unspecified atom stereocenters. The first-order valence-corrected chi connectivity index (χ1v) is 7.91. The molecule has 8 heteroatoms. The molecule has 19 heavy (non-hydrogen) atoms. The van der Waals surface area contributed by atoms with Crippen LogP contribution in [0.5, 0.6) is 0 Å². The van der Waals surface area contributed by atoms with Gasteiger partial charge in [-0.1, -0.05) is 0 Å². The van der Waals surface area contributed by atoms with Crippen LogP contribution in [0.1, 0.15) is 6.42 Å². The molecule has 1 aromatic rings. The quantitative estimate of drug-likeness (QED) is 0.862. The molecule has 4 nitrogen and oxygen atoms in total. The predicted octanol–water partition coefficient (Wildman–Crippen LogP) is 1.99. The SMILES string of the molecule is Cl.O=S(=O)(c1ccc(Br)c(F)c1)N1CCCNCC1. The van der Waals surface area contributed by atoms with Crippen LogP contribution in [0.4, 0.5) is 4.39 Å². The molecule has 1 fully saturated rings. The van der Waals surface area contributed by atoms with Crippen molar-refractivity contribution in [2.45, 2.75) is 11.3 Å². The number of rotatable bonds is 2. The fraction of sp³-hybridized carbons (Fsp3) is 0.455. The molecule has 108 valence electrons. The van der Waals surface area contributed by atoms with Gasteiger partial charge in [0.25, 0.3) is 0 Å². The molecule has 1 heterocycles. The van der Waals surface area contributed by atoms with Crippen molar-refractivity contribution < 1.29 is 12.8 Å². The largest absolute Gasteiger partial charge is 0.315 e. The van der Waals surface area contributed by atoms with Crippen LogP contribution in [0, 0.1) is 5.82 Å². The van der Waals surface area contributed by atoms with Gasteiger partial charge < -0.3 is 5.32 Å². The Labute approximate surface area is 127 Å². The lowest BCUT2D eigenvalue weighted by molar-refractivity contribution is 0.431. The minimum atomic E-state index is -3.59. The van der Waals surface area contributed by atoms with E-state index in [1.54, 1.807) is 0 Å². The van der Waals surface area contributed by atoms with E-state index in [0.717, 1.165) is 19.0 Å². The van der Waals surface area contributed by atoms with Crippen LogP contribution in [-0.2, 0) is 10.0 Å². The number of halogens is 3. The van der Waals surface area contributed by atoms with Crippen molar-refractivity contribution in [3.8, 4) is 0 Å².